The lowest BCUT2D eigenvalue weighted by atomic mass is 9.79. The minimum Gasteiger partial charge on any atom is -0.293 e. The Hall–Kier alpha value is -1.96. The molecule has 0 amide bonds. The summed E-state index contributed by atoms with van der Waals surface area (Å²) in [5, 5.41) is 0. The van der Waals surface area contributed by atoms with Gasteiger partial charge in [0.15, 0.2) is 5.78 Å². The van der Waals surface area contributed by atoms with Gasteiger partial charge in [0.1, 0.15) is 5.82 Å². The number of halogens is 1. The fraction of sp³-hybridized carbons (Fsp3) is 0.188. The zero-order valence-corrected chi connectivity index (χ0v) is 10.1. The number of hydrogen-bond acceptors (Lipinski definition) is 1. The first-order valence-corrected chi connectivity index (χ1v) is 6.00. The fourth-order valence-corrected chi connectivity index (χ4v) is 2.73. The number of carbonyl (C=O) groups is 1. The second-order valence-electron chi connectivity index (χ2n) is 5.01. The van der Waals surface area contributed by atoms with Crippen molar-refractivity contribution >= 4 is 5.78 Å². The number of fused-ring (bicyclic) bond motifs is 1. The third-order valence-corrected chi connectivity index (χ3v) is 3.77. The molecule has 2 aromatic rings. The standard InChI is InChI=1S/C16H13FO/c1-16(12-5-3-2-4-6-12)10-11-9-13(17)7-8-14(11)15(16)18/h2-9H,10H2,1H3/t16-/m1/s1. The molecule has 2 heteroatoms. The lowest BCUT2D eigenvalue weighted by molar-refractivity contribution is 0.0915. The van der Waals surface area contributed by atoms with Crippen LogP contribution >= 0.6 is 0 Å². The van der Waals surface area contributed by atoms with Crippen LogP contribution in [0.15, 0.2) is 48.5 Å². The van der Waals surface area contributed by atoms with E-state index in [9.17, 15) is 9.18 Å². The topological polar surface area (TPSA) is 17.1 Å². The van der Waals surface area contributed by atoms with Crippen molar-refractivity contribution in [1.82, 2.24) is 0 Å². The highest BCUT2D eigenvalue weighted by Gasteiger charge is 2.42. The Bertz CT molecular complexity index is 618. The van der Waals surface area contributed by atoms with Crippen molar-refractivity contribution in [1.29, 1.82) is 0 Å². The van der Waals surface area contributed by atoms with E-state index in [1.807, 2.05) is 37.3 Å². The maximum Gasteiger partial charge on any atom is 0.173 e. The molecule has 0 bridgehead atoms. The Kier molecular flexibility index (Phi) is 2.34. The molecule has 0 aromatic heterocycles. The van der Waals surface area contributed by atoms with Gasteiger partial charge in [0.2, 0.25) is 0 Å². The smallest absolute Gasteiger partial charge is 0.173 e. The molecule has 0 heterocycles. The molecule has 0 fully saturated rings. The molecule has 0 radical (unpaired) electrons. The minimum atomic E-state index is -0.558. The summed E-state index contributed by atoms with van der Waals surface area (Å²) in [7, 11) is 0. The molecule has 1 aliphatic carbocycles. The van der Waals surface area contributed by atoms with Gasteiger partial charge in [0.05, 0.1) is 5.41 Å². The van der Waals surface area contributed by atoms with Gasteiger partial charge in [0.25, 0.3) is 0 Å². The summed E-state index contributed by atoms with van der Waals surface area (Å²) in [6.07, 6.45) is 0.572. The number of rotatable bonds is 1. The number of benzene rings is 2. The number of Topliss-reactive ketones (excluding diaryl/α,β-unsaturated/α-hetero) is 1. The molecule has 0 saturated carbocycles. The van der Waals surface area contributed by atoms with Crippen LogP contribution in [-0.4, -0.2) is 5.78 Å². The highest BCUT2D eigenvalue weighted by Crippen LogP contribution is 2.39. The van der Waals surface area contributed by atoms with Crippen LogP contribution in [0.3, 0.4) is 0 Å². The van der Waals surface area contributed by atoms with E-state index in [0.29, 0.717) is 12.0 Å². The second-order valence-corrected chi connectivity index (χ2v) is 5.01. The summed E-state index contributed by atoms with van der Waals surface area (Å²) >= 11 is 0. The Morgan fingerprint density at radius 3 is 2.56 bits per heavy atom. The van der Waals surface area contributed by atoms with E-state index in [0.717, 1.165) is 11.1 Å². The summed E-state index contributed by atoms with van der Waals surface area (Å²) in [4.78, 5) is 12.5. The molecule has 0 saturated heterocycles. The van der Waals surface area contributed by atoms with Crippen molar-refractivity contribution < 1.29 is 9.18 Å². The lowest BCUT2D eigenvalue weighted by Crippen LogP contribution is -2.29. The van der Waals surface area contributed by atoms with E-state index < -0.39 is 5.41 Å². The fourth-order valence-electron chi connectivity index (χ4n) is 2.73. The first-order chi connectivity index (χ1) is 8.61. The van der Waals surface area contributed by atoms with Crippen LogP contribution in [0, 0.1) is 5.82 Å². The first-order valence-electron chi connectivity index (χ1n) is 6.00. The molecule has 0 aliphatic heterocycles. The van der Waals surface area contributed by atoms with Crippen LogP contribution in [0.4, 0.5) is 4.39 Å². The zero-order chi connectivity index (χ0) is 12.8. The van der Waals surface area contributed by atoms with Crippen molar-refractivity contribution in [3.8, 4) is 0 Å². The highest BCUT2D eigenvalue weighted by atomic mass is 19.1. The predicted molar refractivity (Wildman–Crippen MR) is 68.2 cm³/mol. The van der Waals surface area contributed by atoms with Crippen LogP contribution in [0.25, 0.3) is 0 Å². The Morgan fingerprint density at radius 2 is 1.83 bits per heavy atom. The van der Waals surface area contributed by atoms with E-state index in [4.69, 9.17) is 0 Å². The van der Waals surface area contributed by atoms with Gasteiger partial charge in [-0.1, -0.05) is 30.3 Å². The van der Waals surface area contributed by atoms with Gasteiger partial charge >= 0.3 is 0 Å². The van der Waals surface area contributed by atoms with Crippen LogP contribution in [0.1, 0.15) is 28.4 Å². The summed E-state index contributed by atoms with van der Waals surface area (Å²) in [6.45, 7) is 1.93. The first kappa shape index (κ1) is 11.1. The average Bonchev–Trinajstić information content (AvgIpc) is 2.63. The van der Waals surface area contributed by atoms with E-state index in [1.165, 1.54) is 12.1 Å². The van der Waals surface area contributed by atoms with Crippen molar-refractivity contribution in [3.63, 3.8) is 0 Å². The maximum absolute atomic E-state index is 13.2. The molecule has 1 atom stereocenters. The number of hydrogen-bond donors (Lipinski definition) is 0. The van der Waals surface area contributed by atoms with Crippen LogP contribution in [-0.2, 0) is 11.8 Å². The zero-order valence-electron chi connectivity index (χ0n) is 10.1. The average molecular weight is 240 g/mol. The Labute approximate surface area is 105 Å². The van der Waals surface area contributed by atoms with Crippen LogP contribution in [0.5, 0.6) is 0 Å². The van der Waals surface area contributed by atoms with Crippen molar-refractivity contribution in [3.05, 3.63) is 71.0 Å². The molecule has 1 aliphatic rings. The summed E-state index contributed by atoms with van der Waals surface area (Å²) in [5.74, 6) is -0.192. The van der Waals surface area contributed by atoms with Crippen molar-refractivity contribution in [2.24, 2.45) is 0 Å². The molecule has 3 rings (SSSR count). The van der Waals surface area contributed by atoms with Gasteiger partial charge in [-0.05, 0) is 42.7 Å². The largest absolute Gasteiger partial charge is 0.293 e. The lowest BCUT2D eigenvalue weighted by Gasteiger charge is -2.22. The van der Waals surface area contributed by atoms with Gasteiger partial charge in [0, 0.05) is 5.56 Å². The summed E-state index contributed by atoms with van der Waals surface area (Å²) in [5.41, 5.74) is 1.90. The molecule has 18 heavy (non-hydrogen) atoms. The van der Waals surface area contributed by atoms with E-state index >= 15 is 0 Å². The van der Waals surface area contributed by atoms with E-state index in [2.05, 4.69) is 0 Å². The third kappa shape index (κ3) is 1.49. The quantitative estimate of drug-likeness (QED) is 0.745. The Morgan fingerprint density at radius 1 is 1.11 bits per heavy atom. The van der Waals surface area contributed by atoms with Crippen molar-refractivity contribution in [2.75, 3.05) is 0 Å². The number of carbonyl (C=O) groups excluding carboxylic acids is 1. The molecule has 0 unspecified atom stereocenters. The van der Waals surface area contributed by atoms with Gasteiger partial charge in [-0.15, -0.1) is 0 Å². The highest BCUT2D eigenvalue weighted by molar-refractivity contribution is 6.08. The monoisotopic (exact) mass is 240 g/mol. The van der Waals surface area contributed by atoms with Crippen LogP contribution in [0.2, 0.25) is 0 Å². The molecule has 0 N–H and O–H groups in total. The van der Waals surface area contributed by atoms with Gasteiger partial charge < -0.3 is 0 Å². The molecule has 90 valence electrons. The van der Waals surface area contributed by atoms with Crippen molar-refractivity contribution in [2.45, 2.75) is 18.8 Å². The van der Waals surface area contributed by atoms with Gasteiger partial charge in [-0.25, -0.2) is 4.39 Å². The normalized spacial score (nSPS) is 22.0. The third-order valence-electron chi connectivity index (χ3n) is 3.77. The molecular formula is C16H13FO. The maximum atomic E-state index is 13.2. The summed E-state index contributed by atoms with van der Waals surface area (Å²) < 4.78 is 13.2. The SMILES string of the molecule is C[C@]1(c2ccccc2)Cc2cc(F)ccc2C1=O. The van der Waals surface area contributed by atoms with Gasteiger partial charge in [-0.3, -0.25) is 4.79 Å². The van der Waals surface area contributed by atoms with Crippen LogP contribution < -0.4 is 0 Å². The minimum absolute atomic E-state index is 0.0868. The molecule has 2 aromatic carbocycles. The van der Waals surface area contributed by atoms with E-state index in [-0.39, 0.29) is 11.6 Å². The van der Waals surface area contributed by atoms with Gasteiger partial charge in [-0.2, -0.15) is 0 Å². The second kappa shape index (κ2) is 3.77. The molecular weight excluding hydrogens is 227 g/mol. The summed E-state index contributed by atoms with van der Waals surface area (Å²) in [6, 6.07) is 14.1. The molecule has 1 nitrogen and oxygen atoms in total. The number of ketones is 1. The predicted octanol–water partition coefficient (Wildman–Crippen LogP) is 3.52. The Balaban J connectivity index is 2.11. The molecule has 0 spiro atoms. The van der Waals surface area contributed by atoms with E-state index in [1.54, 1.807) is 6.07 Å².